The zero-order chi connectivity index (χ0) is 16.8. The number of rotatable bonds is 5. The summed E-state index contributed by atoms with van der Waals surface area (Å²) in [5.41, 5.74) is 2.81. The van der Waals surface area contributed by atoms with Gasteiger partial charge in [-0.25, -0.2) is 0 Å². The lowest BCUT2D eigenvalue weighted by Gasteiger charge is -2.42. The van der Waals surface area contributed by atoms with Crippen LogP contribution in [0.4, 0.5) is 0 Å². The Morgan fingerprint density at radius 3 is 2.18 bits per heavy atom. The van der Waals surface area contributed by atoms with Crippen molar-refractivity contribution in [1.82, 2.24) is 0 Å². The molecule has 22 heavy (non-hydrogen) atoms. The molecule has 2 aliphatic rings. The molecule has 0 aromatic rings. The Hall–Kier alpha value is -0.260. The highest BCUT2D eigenvalue weighted by Crippen LogP contribution is 2.78. The lowest BCUT2D eigenvalue weighted by molar-refractivity contribution is 0.106. The average Bonchev–Trinajstić information content (AvgIpc) is 3.10. The van der Waals surface area contributed by atoms with Crippen molar-refractivity contribution in [1.29, 1.82) is 0 Å². The van der Waals surface area contributed by atoms with Crippen LogP contribution in [0.1, 0.15) is 93.4 Å². The molecule has 0 saturated heterocycles. The van der Waals surface area contributed by atoms with Gasteiger partial charge in [0.1, 0.15) is 0 Å². The molecule has 2 fully saturated rings. The van der Waals surface area contributed by atoms with Gasteiger partial charge in [0, 0.05) is 0 Å². The maximum Gasteiger partial charge on any atom is -0.00231 e. The van der Waals surface area contributed by atoms with Gasteiger partial charge in [-0.15, -0.1) is 0 Å². The van der Waals surface area contributed by atoms with Crippen LogP contribution in [0, 0.1) is 34.0 Å². The predicted molar refractivity (Wildman–Crippen MR) is 98.9 cm³/mol. The molecule has 0 nitrogen and oxygen atoms in total. The third kappa shape index (κ3) is 2.69. The van der Waals surface area contributed by atoms with Gasteiger partial charge in [-0.05, 0) is 66.1 Å². The van der Waals surface area contributed by atoms with Crippen molar-refractivity contribution < 1.29 is 0 Å². The third-order valence-corrected chi connectivity index (χ3v) is 7.61. The van der Waals surface area contributed by atoms with Gasteiger partial charge in [-0.2, -0.15) is 0 Å². The highest BCUT2D eigenvalue weighted by Gasteiger charge is 2.70. The summed E-state index contributed by atoms with van der Waals surface area (Å²) in [6.45, 7) is 21.5. The van der Waals surface area contributed by atoms with Gasteiger partial charge >= 0.3 is 0 Å². The molecule has 0 amide bonds. The van der Waals surface area contributed by atoms with Gasteiger partial charge in [0.2, 0.25) is 0 Å². The quantitative estimate of drug-likeness (QED) is 0.469. The molecule has 0 radical (unpaired) electrons. The van der Waals surface area contributed by atoms with Crippen molar-refractivity contribution in [3.8, 4) is 0 Å². The largest absolute Gasteiger partial charge is 0.0987 e. The summed E-state index contributed by atoms with van der Waals surface area (Å²) in [6.07, 6.45) is 9.83. The first kappa shape index (κ1) is 18.1. The summed E-state index contributed by atoms with van der Waals surface area (Å²) in [5, 5.41) is 0. The van der Waals surface area contributed by atoms with Crippen molar-refractivity contribution in [3.05, 3.63) is 12.2 Å². The van der Waals surface area contributed by atoms with Gasteiger partial charge in [-0.1, -0.05) is 73.5 Å². The van der Waals surface area contributed by atoms with Gasteiger partial charge in [0.05, 0.1) is 0 Å². The topological polar surface area (TPSA) is 0 Å². The molecule has 0 aromatic carbocycles. The zero-order valence-corrected chi connectivity index (χ0v) is 16.4. The molecule has 0 heteroatoms. The lowest BCUT2D eigenvalue weighted by Crippen LogP contribution is -2.33. The molecule has 5 atom stereocenters. The van der Waals surface area contributed by atoms with Crippen LogP contribution in [0.25, 0.3) is 0 Å². The van der Waals surface area contributed by atoms with E-state index in [1.165, 1.54) is 44.9 Å². The van der Waals surface area contributed by atoms with Crippen molar-refractivity contribution in [2.24, 2.45) is 34.0 Å². The minimum absolute atomic E-state index is 0.249. The highest BCUT2D eigenvalue weighted by molar-refractivity contribution is 5.33. The van der Waals surface area contributed by atoms with E-state index in [9.17, 15) is 0 Å². The van der Waals surface area contributed by atoms with Crippen molar-refractivity contribution in [3.63, 3.8) is 0 Å². The van der Waals surface area contributed by atoms with Gasteiger partial charge in [0.15, 0.2) is 0 Å². The highest BCUT2D eigenvalue weighted by atomic mass is 14.7. The van der Waals surface area contributed by atoms with Crippen LogP contribution in [0.2, 0.25) is 0 Å². The van der Waals surface area contributed by atoms with Crippen LogP contribution >= 0.6 is 0 Å². The molecule has 128 valence electrons. The summed E-state index contributed by atoms with van der Waals surface area (Å²) in [4.78, 5) is 0. The van der Waals surface area contributed by atoms with E-state index in [4.69, 9.17) is 0 Å². The normalized spacial score (nSPS) is 42.2. The van der Waals surface area contributed by atoms with E-state index in [1.54, 1.807) is 5.57 Å². The predicted octanol–water partition coefficient (Wildman–Crippen LogP) is 7.25. The molecule has 2 saturated carbocycles. The number of hydrogen-bond acceptors (Lipinski definition) is 0. The lowest BCUT2D eigenvalue weighted by atomic mass is 9.63. The maximum atomic E-state index is 4.64. The van der Waals surface area contributed by atoms with Crippen LogP contribution in [0.3, 0.4) is 0 Å². The molecular weight excluding hydrogens is 264 g/mol. The van der Waals surface area contributed by atoms with Gasteiger partial charge < -0.3 is 0 Å². The van der Waals surface area contributed by atoms with E-state index in [0.29, 0.717) is 10.8 Å². The molecule has 0 aromatic heterocycles. The molecule has 0 N–H and O–H groups in total. The second-order valence-electron chi connectivity index (χ2n) is 9.71. The SMILES string of the molecule is C=C(C(C)(C)C)C1(CC)CC1(CCC)C1CCC(C)C(C)C1. The smallest absolute Gasteiger partial charge is 0.00231 e. The average molecular weight is 305 g/mol. The fourth-order valence-electron chi connectivity index (χ4n) is 5.87. The molecule has 0 aliphatic heterocycles. The zero-order valence-electron chi connectivity index (χ0n) is 16.4. The Morgan fingerprint density at radius 1 is 1.09 bits per heavy atom. The van der Waals surface area contributed by atoms with Gasteiger partial charge in [0.25, 0.3) is 0 Å². The summed E-state index contributed by atoms with van der Waals surface area (Å²) < 4.78 is 0. The number of hydrogen-bond donors (Lipinski definition) is 0. The van der Waals surface area contributed by atoms with Crippen molar-refractivity contribution >= 4 is 0 Å². The van der Waals surface area contributed by atoms with E-state index in [-0.39, 0.29) is 5.41 Å². The number of allylic oxidation sites excluding steroid dienone is 1. The Bertz CT molecular complexity index is 412. The van der Waals surface area contributed by atoms with Crippen molar-refractivity contribution in [2.75, 3.05) is 0 Å². The van der Waals surface area contributed by atoms with E-state index < -0.39 is 0 Å². The van der Waals surface area contributed by atoms with Crippen LogP contribution < -0.4 is 0 Å². The fourth-order valence-corrected chi connectivity index (χ4v) is 5.87. The van der Waals surface area contributed by atoms with Crippen LogP contribution in [0.15, 0.2) is 12.2 Å². The molecule has 5 unspecified atom stereocenters. The summed E-state index contributed by atoms with van der Waals surface area (Å²) in [6, 6.07) is 0. The van der Waals surface area contributed by atoms with E-state index in [2.05, 4.69) is 55.0 Å². The molecular formula is C22H40. The Labute approximate surface area is 140 Å². The molecule has 2 rings (SSSR count). The first-order valence-electron chi connectivity index (χ1n) is 9.84. The molecule has 0 bridgehead atoms. The first-order valence-corrected chi connectivity index (χ1v) is 9.84. The monoisotopic (exact) mass is 304 g/mol. The molecule has 0 spiro atoms. The minimum Gasteiger partial charge on any atom is -0.0987 e. The van der Waals surface area contributed by atoms with Crippen molar-refractivity contribution in [2.45, 2.75) is 93.4 Å². The summed E-state index contributed by atoms with van der Waals surface area (Å²) in [5.74, 6) is 2.78. The Kier molecular flexibility index (Phi) is 4.92. The molecule has 0 heterocycles. The second kappa shape index (κ2) is 5.99. The Morgan fingerprint density at radius 2 is 1.73 bits per heavy atom. The van der Waals surface area contributed by atoms with Gasteiger partial charge in [-0.3, -0.25) is 0 Å². The first-order chi connectivity index (χ1) is 10.1. The van der Waals surface area contributed by atoms with Crippen LogP contribution in [0.5, 0.6) is 0 Å². The van der Waals surface area contributed by atoms with Crippen LogP contribution in [-0.2, 0) is 0 Å². The van der Waals surface area contributed by atoms with E-state index >= 15 is 0 Å². The fraction of sp³-hybridized carbons (Fsp3) is 0.909. The summed E-state index contributed by atoms with van der Waals surface area (Å²) in [7, 11) is 0. The molecule has 2 aliphatic carbocycles. The standard InChI is InChI=1S/C22H40/c1-9-13-22(19-12-11-16(3)17(4)14-19)15-21(22,10-2)18(5)20(6,7)8/h16-17,19H,5,9-15H2,1-4,6-8H3. The van der Waals surface area contributed by atoms with Crippen LogP contribution in [-0.4, -0.2) is 0 Å². The second-order valence-corrected chi connectivity index (χ2v) is 9.71. The van der Waals surface area contributed by atoms with E-state index in [0.717, 1.165) is 17.8 Å². The Balaban J connectivity index is 2.29. The van der Waals surface area contributed by atoms with E-state index in [1.807, 2.05) is 0 Å². The summed E-state index contributed by atoms with van der Waals surface area (Å²) >= 11 is 0. The third-order valence-electron chi connectivity index (χ3n) is 7.61. The maximum absolute atomic E-state index is 4.64. The minimum atomic E-state index is 0.249.